The van der Waals surface area contributed by atoms with Crippen molar-refractivity contribution in [2.45, 2.75) is 127 Å². The predicted octanol–water partition coefficient (Wildman–Crippen LogP) is 12.9. The molecular formula is C63H82N8+4. The molecule has 0 aliphatic heterocycles. The molecule has 8 rings (SSSR count). The van der Waals surface area contributed by atoms with Crippen LogP contribution in [0.5, 0.6) is 0 Å². The Morgan fingerprint density at radius 1 is 0.437 bits per heavy atom. The Morgan fingerprint density at radius 3 is 1.41 bits per heavy atom. The predicted molar refractivity (Wildman–Crippen MR) is 293 cm³/mol. The summed E-state index contributed by atoms with van der Waals surface area (Å²) in [5.41, 5.74) is 14.1. The van der Waals surface area contributed by atoms with Crippen molar-refractivity contribution in [2.75, 3.05) is 0 Å². The van der Waals surface area contributed by atoms with E-state index in [1.807, 2.05) is 112 Å². The third kappa shape index (κ3) is 14.4. The normalized spacial score (nSPS) is 19.1. The van der Waals surface area contributed by atoms with Gasteiger partial charge in [0.1, 0.15) is 28.2 Å². The minimum Gasteiger partial charge on any atom is -0.264 e. The van der Waals surface area contributed by atoms with Crippen LogP contribution in [0.2, 0.25) is 0 Å². The van der Waals surface area contributed by atoms with E-state index >= 15 is 0 Å². The largest absolute Gasteiger partial charge is 0.264 e. The van der Waals surface area contributed by atoms with E-state index in [0.717, 1.165) is 72.8 Å². The average molecular weight is 971 g/mol. The van der Waals surface area contributed by atoms with Crippen LogP contribution in [0, 0.1) is 48.4 Å². The van der Waals surface area contributed by atoms with Crippen molar-refractivity contribution in [2.24, 2.45) is 28.2 Å². The molecule has 0 aliphatic carbocycles. The zero-order valence-corrected chi connectivity index (χ0v) is 43.7. The van der Waals surface area contributed by atoms with Crippen molar-refractivity contribution in [3.8, 4) is 45.0 Å². The van der Waals surface area contributed by atoms with Crippen LogP contribution in [-0.4, -0.2) is 19.9 Å². The van der Waals surface area contributed by atoms with Gasteiger partial charge < -0.3 is 0 Å². The lowest BCUT2D eigenvalue weighted by Gasteiger charge is -2.10. The monoisotopic (exact) mass is 970 g/mol. The molecular weight excluding hydrogens is 869 g/mol. The van der Waals surface area contributed by atoms with E-state index in [4.69, 9.17) is 26.0 Å². The van der Waals surface area contributed by atoms with E-state index in [2.05, 4.69) is 26.0 Å². The highest BCUT2D eigenvalue weighted by Crippen LogP contribution is 2.27. The number of aromatic nitrogens is 8. The lowest BCUT2D eigenvalue weighted by Crippen LogP contribution is -2.31. The second kappa shape index (κ2) is 24.8. The minimum absolute atomic E-state index is 0.178. The Balaban J connectivity index is 0.000000219. The first-order valence-electron chi connectivity index (χ1n) is 32.7. The standard InChI is InChI=1S/C17H23N2.C16H21N2.2C15H19N2/c1-11(2)16-7-13(4)15(9-18-16)17-8-12(3)14(5)10-19(17)6;1-11(2)15-9-13(4)14(10-17-15)16-8-12(3)6-7-18(16)5;1-11(2)13-6-8-17(4)15(9-13)14-10-16-7-5-12(14)3;1-11(2)14-9-12(3)13(10-16-14)15-7-5-6-8-17(15)4/h7-11H,1-6H3;6-11H,1-5H3;2*5-11H,1-4H3/q4*+1/i1D3,5D3,11D;3*1D3,11D. The third-order valence-electron chi connectivity index (χ3n) is 12.1. The van der Waals surface area contributed by atoms with Crippen molar-refractivity contribution in [3.63, 3.8) is 0 Å². The second-order valence-electron chi connectivity index (χ2n) is 18.0. The van der Waals surface area contributed by atoms with Crippen molar-refractivity contribution >= 4 is 0 Å². The van der Waals surface area contributed by atoms with Gasteiger partial charge in [-0.3, -0.25) is 19.9 Å². The SMILES string of the molecule is [2H]C([2H])([2H])C([2H])(C)c1cc(C)c(-c2cc(C)cc[n+]2C)cn1.[2H]C([2H])([2H])C([2H])(C)c1cc(C)c(-c2cccc[n+]2C)cn1.[2H]C([2H])([2H])C([2H])(C)c1cc[n+](C)c(-c2cnccc2C)c1.[2H]C([2H])([2H])c1c[n+](C)c(-c2cnc(C([2H])(C)C([2H])([2H])[2H])cc2C)cc1C. The van der Waals surface area contributed by atoms with Gasteiger partial charge in [0, 0.05) is 122 Å². The van der Waals surface area contributed by atoms with Gasteiger partial charge in [0.15, 0.2) is 24.8 Å². The summed E-state index contributed by atoms with van der Waals surface area (Å²) in [5.74, 6) is -6.88. The van der Waals surface area contributed by atoms with Crippen molar-refractivity contribution < 1.29 is 44.3 Å². The number of nitrogens with zero attached hydrogens (tertiary/aromatic N) is 8. The zero-order chi connectivity index (χ0) is 68.5. The summed E-state index contributed by atoms with van der Waals surface area (Å²) >= 11 is 0. The molecule has 0 fully saturated rings. The Hall–Kier alpha value is -6.80. The Bertz CT molecular complexity index is 3860. The average Bonchev–Trinajstić information content (AvgIpc) is 0.804. The van der Waals surface area contributed by atoms with Crippen LogP contribution in [0.15, 0.2) is 129 Å². The molecule has 0 saturated heterocycles. The van der Waals surface area contributed by atoms with Crippen molar-refractivity contribution in [3.05, 3.63) is 190 Å². The molecule has 370 valence electrons. The molecule has 8 aromatic heterocycles. The lowest BCUT2D eigenvalue weighted by molar-refractivity contribution is -0.660. The molecule has 8 nitrogen and oxygen atoms in total. The van der Waals surface area contributed by atoms with E-state index in [-0.39, 0.29) is 22.6 Å². The molecule has 0 aliphatic rings. The highest BCUT2D eigenvalue weighted by atomic mass is 14.9. The van der Waals surface area contributed by atoms with Gasteiger partial charge >= 0.3 is 0 Å². The molecule has 4 atom stereocenters. The number of hydrogen-bond donors (Lipinski definition) is 0. The van der Waals surface area contributed by atoms with E-state index in [0.29, 0.717) is 11.1 Å². The summed E-state index contributed by atoms with van der Waals surface area (Å²) < 4.78 is 154. The van der Waals surface area contributed by atoms with Gasteiger partial charge in [-0.1, -0.05) is 55.1 Å². The summed E-state index contributed by atoms with van der Waals surface area (Å²) in [7, 11) is 7.55. The summed E-state index contributed by atoms with van der Waals surface area (Å²) in [6.45, 7) is 5.03. The number of pyridine rings is 8. The van der Waals surface area contributed by atoms with Crippen LogP contribution in [-0.2, 0) is 28.2 Å². The van der Waals surface area contributed by atoms with Gasteiger partial charge in [0.05, 0.1) is 22.3 Å². The molecule has 0 saturated carbocycles. The van der Waals surface area contributed by atoms with Gasteiger partial charge in [-0.2, -0.15) is 0 Å². The van der Waals surface area contributed by atoms with E-state index in [9.17, 15) is 0 Å². The second-order valence-corrected chi connectivity index (χ2v) is 18.0. The van der Waals surface area contributed by atoms with E-state index in [1.54, 1.807) is 98.3 Å². The Labute approximate surface area is 454 Å². The van der Waals surface area contributed by atoms with E-state index in [1.165, 1.54) is 27.7 Å². The summed E-state index contributed by atoms with van der Waals surface area (Å²) in [5, 5.41) is 0. The van der Waals surface area contributed by atoms with Crippen LogP contribution in [0.1, 0.15) is 166 Å². The van der Waals surface area contributed by atoms with Crippen LogP contribution in [0.25, 0.3) is 45.0 Å². The summed E-state index contributed by atoms with van der Waals surface area (Å²) in [6, 6.07) is 22.1. The summed E-state index contributed by atoms with van der Waals surface area (Å²) in [4.78, 5) is 16.9. The third-order valence-corrected chi connectivity index (χ3v) is 12.1. The maximum absolute atomic E-state index is 8.21. The molecule has 8 heteroatoms. The van der Waals surface area contributed by atoms with Gasteiger partial charge in [0.25, 0.3) is 0 Å². The van der Waals surface area contributed by atoms with Crippen LogP contribution >= 0.6 is 0 Å². The molecule has 8 aromatic rings. The zero-order valence-electron chi connectivity index (χ0n) is 62.7. The van der Waals surface area contributed by atoms with Crippen LogP contribution in [0.3, 0.4) is 0 Å². The fourth-order valence-corrected chi connectivity index (χ4v) is 7.65. The van der Waals surface area contributed by atoms with Crippen molar-refractivity contribution in [1.29, 1.82) is 0 Å². The number of aryl methyl sites for hydroxylation is 11. The van der Waals surface area contributed by atoms with Gasteiger partial charge in [-0.15, -0.1) is 0 Å². The molecule has 0 aromatic carbocycles. The van der Waals surface area contributed by atoms with Gasteiger partial charge in [-0.25, -0.2) is 18.3 Å². The molecule has 4 unspecified atom stereocenters. The topological polar surface area (TPSA) is 67.1 Å². The molecule has 8 heterocycles. The molecule has 71 heavy (non-hydrogen) atoms. The van der Waals surface area contributed by atoms with Gasteiger partial charge in [-0.05, 0) is 141 Å². The lowest BCUT2D eigenvalue weighted by atomic mass is 10.0. The number of rotatable bonds is 8. The molecule has 0 bridgehead atoms. The summed E-state index contributed by atoms with van der Waals surface area (Å²) in [6.07, 6.45) is 15.6. The first-order valence-corrected chi connectivity index (χ1v) is 23.2. The van der Waals surface area contributed by atoms with Crippen LogP contribution < -0.4 is 18.3 Å². The van der Waals surface area contributed by atoms with Gasteiger partial charge in [0.2, 0.25) is 22.8 Å². The smallest absolute Gasteiger partial charge is 0.214 e. The van der Waals surface area contributed by atoms with Crippen LogP contribution in [0.4, 0.5) is 0 Å². The quantitative estimate of drug-likeness (QED) is 0.142. The first-order chi connectivity index (χ1) is 41.0. The highest BCUT2D eigenvalue weighted by Gasteiger charge is 2.18. The maximum atomic E-state index is 8.21. The minimum atomic E-state index is -2.49. The highest BCUT2D eigenvalue weighted by molar-refractivity contribution is 5.63. The first kappa shape index (κ1) is 33.7. The molecule has 0 amide bonds. The molecule has 0 N–H and O–H groups in total. The molecule has 0 spiro atoms. The maximum Gasteiger partial charge on any atom is 0.214 e. The van der Waals surface area contributed by atoms with E-state index < -0.39 is 57.8 Å². The molecule has 0 radical (unpaired) electrons. The fourth-order valence-electron chi connectivity index (χ4n) is 7.65. The Morgan fingerprint density at radius 2 is 0.915 bits per heavy atom. The van der Waals surface area contributed by atoms with Crippen molar-refractivity contribution in [1.82, 2.24) is 19.9 Å². The number of hydrogen-bond acceptors (Lipinski definition) is 4. The Kier molecular flexibility index (Phi) is 11.8. The fraction of sp³-hybridized carbons (Fsp3) is 0.365.